The number of rotatable bonds is 7. The first kappa shape index (κ1) is 21.9. The van der Waals surface area contributed by atoms with Crippen molar-refractivity contribution in [1.82, 2.24) is 4.98 Å². The van der Waals surface area contributed by atoms with Crippen molar-refractivity contribution in [3.05, 3.63) is 72.4 Å². The fourth-order valence-electron chi connectivity index (χ4n) is 2.88. The number of carbonyl (C=O) groups excluding carboxylic acids is 1. The predicted molar refractivity (Wildman–Crippen MR) is 118 cm³/mol. The molecule has 0 fully saturated rings. The Balaban J connectivity index is 1.95. The fourth-order valence-corrected chi connectivity index (χ4v) is 5.36. The molecule has 0 unspecified atom stereocenters. The van der Waals surface area contributed by atoms with Crippen molar-refractivity contribution >= 4 is 37.9 Å². The van der Waals surface area contributed by atoms with Crippen LogP contribution in [0.25, 0.3) is 11.3 Å². The Labute approximate surface area is 179 Å². The number of hydrogen-bond acceptors (Lipinski definition) is 5. The molecule has 1 aromatic heterocycles. The SMILES string of the molecule is C=CC(=O)N(c1ccc(S(=O)(=O)CC(C)C)cc1)c1nc(-c2ccc(F)cc2)cs1. The minimum absolute atomic E-state index is 0.00807. The van der Waals surface area contributed by atoms with Gasteiger partial charge in [-0.2, -0.15) is 0 Å². The quantitative estimate of drug-likeness (QED) is 0.468. The molecule has 0 aliphatic rings. The van der Waals surface area contributed by atoms with Gasteiger partial charge in [0.15, 0.2) is 15.0 Å². The maximum absolute atomic E-state index is 13.2. The number of hydrogen-bond donors (Lipinski definition) is 0. The van der Waals surface area contributed by atoms with E-state index in [1.165, 1.54) is 46.6 Å². The first-order valence-corrected chi connectivity index (χ1v) is 11.8. The minimum Gasteiger partial charge on any atom is -0.269 e. The molecule has 156 valence electrons. The predicted octanol–water partition coefficient (Wildman–Crippen LogP) is 5.23. The lowest BCUT2D eigenvalue weighted by Gasteiger charge is -2.18. The van der Waals surface area contributed by atoms with E-state index in [1.807, 2.05) is 13.8 Å². The van der Waals surface area contributed by atoms with Gasteiger partial charge in [0.2, 0.25) is 0 Å². The van der Waals surface area contributed by atoms with E-state index in [0.29, 0.717) is 16.5 Å². The number of nitrogens with zero attached hydrogens (tertiary/aromatic N) is 2. The Morgan fingerprint density at radius 2 is 1.80 bits per heavy atom. The number of thiazole rings is 1. The highest BCUT2D eigenvalue weighted by Gasteiger charge is 2.21. The summed E-state index contributed by atoms with van der Waals surface area (Å²) in [5.41, 5.74) is 1.80. The normalized spacial score (nSPS) is 11.5. The van der Waals surface area contributed by atoms with Gasteiger partial charge in [0.25, 0.3) is 5.91 Å². The number of halogens is 1. The molecule has 0 N–H and O–H groups in total. The maximum Gasteiger partial charge on any atom is 0.256 e. The highest BCUT2D eigenvalue weighted by Crippen LogP contribution is 2.33. The summed E-state index contributed by atoms with van der Waals surface area (Å²) in [6, 6.07) is 12.1. The summed E-state index contributed by atoms with van der Waals surface area (Å²) in [7, 11) is -3.40. The average Bonchev–Trinajstić information content (AvgIpc) is 3.17. The zero-order valence-corrected chi connectivity index (χ0v) is 18.2. The topological polar surface area (TPSA) is 67.3 Å². The van der Waals surface area contributed by atoms with Gasteiger partial charge in [0.05, 0.1) is 22.0 Å². The molecule has 30 heavy (non-hydrogen) atoms. The molecule has 3 rings (SSSR count). The Morgan fingerprint density at radius 1 is 1.17 bits per heavy atom. The summed E-state index contributed by atoms with van der Waals surface area (Å²) in [6.45, 7) is 7.23. The van der Waals surface area contributed by atoms with Crippen LogP contribution in [-0.4, -0.2) is 25.1 Å². The van der Waals surface area contributed by atoms with Gasteiger partial charge in [-0.05, 0) is 60.5 Å². The number of sulfone groups is 1. The summed E-state index contributed by atoms with van der Waals surface area (Å²) in [4.78, 5) is 18.6. The molecule has 0 aliphatic heterocycles. The van der Waals surface area contributed by atoms with Gasteiger partial charge in [-0.1, -0.05) is 20.4 Å². The van der Waals surface area contributed by atoms with Gasteiger partial charge in [-0.15, -0.1) is 11.3 Å². The van der Waals surface area contributed by atoms with Crippen molar-refractivity contribution in [3.63, 3.8) is 0 Å². The molecule has 1 amide bonds. The van der Waals surface area contributed by atoms with E-state index in [-0.39, 0.29) is 22.4 Å². The Hall–Kier alpha value is -2.84. The molecular weight excluding hydrogens is 423 g/mol. The third-order valence-corrected chi connectivity index (χ3v) is 7.15. The second kappa shape index (κ2) is 8.89. The molecule has 3 aromatic rings. The molecule has 2 aromatic carbocycles. The van der Waals surface area contributed by atoms with Crippen LogP contribution in [0.4, 0.5) is 15.2 Å². The second-order valence-corrected chi connectivity index (χ2v) is 9.94. The summed E-state index contributed by atoms with van der Waals surface area (Å²) in [5, 5.41) is 2.17. The standard InChI is InChI=1S/C22H21FN2O3S2/c1-4-21(26)25(18-9-11-19(12-10-18)30(27,28)14-15(2)3)22-24-20(13-29-22)16-5-7-17(23)8-6-16/h4-13,15H,1,14H2,2-3H3. The van der Waals surface area contributed by atoms with Gasteiger partial charge in [0.1, 0.15) is 5.82 Å². The van der Waals surface area contributed by atoms with Crippen molar-refractivity contribution in [3.8, 4) is 11.3 Å². The van der Waals surface area contributed by atoms with E-state index in [4.69, 9.17) is 0 Å². The van der Waals surface area contributed by atoms with E-state index in [0.717, 1.165) is 5.56 Å². The van der Waals surface area contributed by atoms with Gasteiger partial charge in [-0.3, -0.25) is 9.69 Å². The lowest BCUT2D eigenvalue weighted by molar-refractivity contribution is -0.113. The Kier molecular flexibility index (Phi) is 6.48. The molecule has 0 saturated carbocycles. The average molecular weight is 445 g/mol. The smallest absolute Gasteiger partial charge is 0.256 e. The minimum atomic E-state index is -3.40. The molecular formula is C22H21FN2O3S2. The Bertz CT molecular complexity index is 1150. The van der Waals surface area contributed by atoms with E-state index >= 15 is 0 Å². The molecule has 0 atom stereocenters. The van der Waals surface area contributed by atoms with Crippen LogP contribution in [0.1, 0.15) is 13.8 Å². The third kappa shape index (κ3) is 4.83. The van der Waals surface area contributed by atoms with Crippen LogP contribution in [-0.2, 0) is 14.6 Å². The summed E-state index contributed by atoms with van der Waals surface area (Å²) >= 11 is 1.25. The fraction of sp³-hybridized carbons (Fsp3) is 0.182. The molecule has 5 nitrogen and oxygen atoms in total. The summed E-state index contributed by atoms with van der Waals surface area (Å²) < 4.78 is 38.0. The molecule has 0 bridgehead atoms. The van der Waals surface area contributed by atoms with Gasteiger partial charge in [0, 0.05) is 10.9 Å². The van der Waals surface area contributed by atoms with Crippen LogP contribution in [0.5, 0.6) is 0 Å². The van der Waals surface area contributed by atoms with Crippen molar-refractivity contribution in [2.45, 2.75) is 18.7 Å². The lowest BCUT2D eigenvalue weighted by atomic mass is 10.2. The van der Waals surface area contributed by atoms with Gasteiger partial charge in [-0.25, -0.2) is 17.8 Å². The number of carbonyl (C=O) groups is 1. The van der Waals surface area contributed by atoms with Crippen molar-refractivity contribution in [1.29, 1.82) is 0 Å². The van der Waals surface area contributed by atoms with Crippen LogP contribution >= 0.6 is 11.3 Å². The lowest BCUT2D eigenvalue weighted by Crippen LogP contribution is -2.23. The number of amides is 1. The van der Waals surface area contributed by atoms with Gasteiger partial charge >= 0.3 is 0 Å². The zero-order valence-electron chi connectivity index (χ0n) is 16.6. The highest BCUT2D eigenvalue weighted by atomic mass is 32.2. The monoisotopic (exact) mass is 444 g/mol. The van der Waals surface area contributed by atoms with Crippen molar-refractivity contribution in [2.24, 2.45) is 5.92 Å². The van der Waals surface area contributed by atoms with Gasteiger partial charge < -0.3 is 0 Å². The molecule has 0 spiro atoms. The number of anilines is 2. The molecule has 0 saturated heterocycles. The maximum atomic E-state index is 13.2. The van der Waals surface area contributed by atoms with Crippen LogP contribution < -0.4 is 4.90 Å². The second-order valence-electron chi connectivity index (χ2n) is 7.07. The van der Waals surface area contributed by atoms with Crippen LogP contribution in [0.3, 0.4) is 0 Å². The van der Waals surface area contributed by atoms with E-state index < -0.39 is 15.7 Å². The summed E-state index contributed by atoms with van der Waals surface area (Å²) in [5.74, 6) is -0.679. The third-order valence-electron chi connectivity index (χ3n) is 4.23. The number of benzene rings is 2. The van der Waals surface area contributed by atoms with E-state index in [1.54, 1.807) is 29.6 Å². The highest BCUT2D eigenvalue weighted by molar-refractivity contribution is 7.91. The number of aromatic nitrogens is 1. The first-order chi connectivity index (χ1) is 14.2. The van der Waals surface area contributed by atoms with E-state index in [2.05, 4.69) is 11.6 Å². The van der Waals surface area contributed by atoms with Crippen molar-refractivity contribution in [2.75, 3.05) is 10.7 Å². The van der Waals surface area contributed by atoms with E-state index in [9.17, 15) is 17.6 Å². The molecule has 0 radical (unpaired) electrons. The largest absolute Gasteiger partial charge is 0.269 e. The molecule has 8 heteroatoms. The van der Waals surface area contributed by atoms with Crippen LogP contribution in [0.2, 0.25) is 0 Å². The van der Waals surface area contributed by atoms with Crippen molar-refractivity contribution < 1.29 is 17.6 Å². The molecule has 0 aliphatic carbocycles. The van der Waals surface area contributed by atoms with Crippen LogP contribution in [0, 0.1) is 11.7 Å². The first-order valence-electron chi connectivity index (χ1n) is 9.22. The zero-order chi connectivity index (χ0) is 21.9. The van der Waals surface area contributed by atoms with Crippen LogP contribution in [0.15, 0.2) is 71.5 Å². The summed E-state index contributed by atoms with van der Waals surface area (Å²) in [6.07, 6.45) is 1.17. The molecule has 1 heterocycles. The Morgan fingerprint density at radius 3 is 2.37 bits per heavy atom.